The predicted octanol–water partition coefficient (Wildman–Crippen LogP) is 2.47. The van der Waals surface area contributed by atoms with Gasteiger partial charge in [0.25, 0.3) is 0 Å². The maximum absolute atomic E-state index is 10.4. The highest BCUT2D eigenvalue weighted by Gasteiger charge is 2.21. The van der Waals surface area contributed by atoms with E-state index in [2.05, 4.69) is 18.7 Å². The van der Waals surface area contributed by atoms with Crippen molar-refractivity contribution in [1.29, 1.82) is 0 Å². The largest absolute Gasteiger partial charge is 0.388 e. The fourth-order valence-corrected chi connectivity index (χ4v) is 2.73. The SMILES string of the molecule is CC1CN(CC(C)C(O)c2ccccc2)CCCO1. The van der Waals surface area contributed by atoms with Crippen LogP contribution in [-0.4, -0.2) is 42.4 Å². The van der Waals surface area contributed by atoms with Crippen molar-refractivity contribution >= 4 is 0 Å². The molecule has 3 unspecified atom stereocenters. The average molecular weight is 263 g/mol. The van der Waals surface area contributed by atoms with Gasteiger partial charge in [0.1, 0.15) is 0 Å². The van der Waals surface area contributed by atoms with Crippen molar-refractivity contribution in [3.05, 3.63) is 35.9 Å². The van der Waals surface area contributed by atoms with E-state index in [4.69, 9.17) is 4.74 Å². The van der Waals surface area contributed by atoms with Gasteiger partial charge in [-0.2, -0.15) is 0 Å². The van der Waals surface area contributed by atoms with E-state index in [1.165, 1.54) is 0 Å². The third-order valence-electron chi connectivity index (χ3n) is 3.76. The summed E-state index contributed by atoms with van der Waals surface area (Å²) in [7, 11) is 0. The molecular weight excluding hydrogens is 238 g/mol. The molecule has 1 N–H and O–H groups in total. The normalized spacial score (nSPS) is 24.7. The van der Waals surface area contributed by atoms with Crippen LogP contribution in [0, 0.1) is 5.92 Å². The lowest BCUT2D eigenvalue weighted by molar-refractivity contribution is 0.0541. The van der Waals surface area contributed by atoms with Gasteiger partial charge >= 0.3 is 0 Å². The molecule has 0 spiro atoms. The zero-order chi connectivity index (χ0) is 13.7. The maximum Gasteiger partial charge on any atom is 0.0827 e. The van der Waals surface area contributed by atoms with E-state index in [0.29, 0.717) is 6.10 Å². The molecule has 0 saturated carbocycles. The highest BCUT2D eigenvalue weighted by Crippen LogP contribution is 2.23. The number of rotatable bonds is 4. The summed E-state index contributed by atoms with van der Waals surface area (Å²) in [6.45, 7) is 8.05. The first-order chi connectivity index (χ1) is 9.16. The summed E-state index contributed by atoms with van der Waals surface area (Å²) in [5.74, 6) is 0.229. The van der Waals surface area contributed by atoms with Crippen molar-refractivity contribution < 1.29 is 9.84 Å². The quantitative estimate of drug-likeness (QED) is 0.906. The first-order valence-electron chi connectivity index (χ1n) is 7.24. The Morgan fingerprint density at radius 2 is 2.11 bits per heavy atom. The number of hydrogen-bond acceptors (Lipinski definition) is 3. The Kier molecular flexibility index (Phi) is 5.37. The van der Waals surface area contributed by atoms with Crippen molar-refractivity contribution in [2.24, 2.45) is 5.92 Å². The molecule has 3 nitrogen and oxygen atoms in total. The van der Waals surface area contributed by atoms with E-state index in [0.717, 1.165) is 38.2 Å². The second kappa shape index (κ2) is 7.04. The summed E-state index contributed by atoms with van der Waals surface area (Å²) in [4.78, 5) is 2.41. The molecule has 0 aliphatic carbocycles. The van der Waals surface area contributed by atoms with Crippen LogP contribution in [0.2, 0.25) is 0 Å². The van der Waals surface area contributed by atoms with E-state index in [-0.39, 0.29) is 12.0 Å². The lowest BCUT2D eigenvalue weighted by Gasteiger charge is -2.28. The number of aliphatic hydroxyl groups is 1. The van der Waals surface area contributed by atoms with Crippen molar-refractivity contribution in [3.8, 4) is 0 Å². The van der Waals surface area contributed by atoms with Gasteiger partial charge in [0.15, 0.2) is 0 Å². The molecule has 2 rings (SSSR count). The van der Waals surface area contributed by atoms with Crippen LogP contribution < -0.4 is 0 Å². The third-order valence-corrected chi connectivity index (χ3v) is 3.76. The number of hydrogen-bond donors (Lipinski definition) is 1. The molecule has 106 valence electrons. The van der Waals surface area contributed by atoms with E-state index in [1.54, 1.807) is 0 Å². The van der Waals surface area contributed by atoms with Crippen LogP contribution in [0.4, 0.5) is 0 Å². The van der Waals surface area contributed by atoms with Crippen LogP contribution in [0.15, 0.2) is 30.3 Å². The van der Waals surface area contributed by atoms with Gasteiger partial charge in [-0.05, 0) is 24.8 Å². The minimum atomic E-state index is -0.388. The molecule has 1 saturated heterocycles. The number of nitrogens with zero attached hydrogens (tertiary/aromatic N) is 1. The van der Waals surface area contributed by atoms with Crippen LogP contribution in [0.3, 0.4) is 0 Å². The molecule has 1 fully saturated rings. The van der Waals surface area contributed by atoms with E-state index >= 15 is 0 Å². The molecule has 1 aromatic carbocycles. The summed E-state index contributed by atoms with van der Waals surface area (Å²) in [5.41, 5.74) is 1.01. The Bertz CT molecular complexity index is 368. The minimum absolute atomic E-state index is 0.229. The molecular formula is C16H25NO2. The summed E-state index contributed by atoms with van der Waals surface area (Å²) in [6, 6.07) is 9.93. The van der Waals surface area contributed by atoms with Crippen LogP contribution in [0.25, 0.3) is 0 Å². The smallest absolute Gasteiger partial charge is 0.0827 e. The average Bonchev–Trinajstić information content (AvgIpc) is 2.63. The fourth-order valence-electron chi connectivity index (χ4n) is 2.73. The van der Waals surface area contributed by atoms with Crippen molar-refractivity contribution in [1.82, 2.24) is 4.90 Å². The number of aliphatic hydroxyl groups excluding tert-OH is 1. The van der Waals surface area contributed by atoms with Crippen LogP contribution in [0.5, 0.6) is 0 Å². The molecule has 0 aromatic heterocycles. The molecule has 3 heteroatoms. The zero-order valence-electron chi connectivity index (χ0n) is 12.0. The molecule has 1 aliphatic heterocycles. The van der Waals surface area contributed by atoms with Crippen LogP contribution >= 0.6 is 0 Å². The van der Waals surface area contributed by atoms with Gasteiger partial charge in [0, 0.05) is 26.2 Å². The van der Waals surface area contributed by atoms with Gasteiger partial charge in [-0.15, -0.1) is 0 Å². The number of benzene rings is 1. The second-order valence-electron chi connectivity index (χ2n) is 5.63. The Labute approximate surface area is 116 Å². The number of ether oxygens (including phenoxy) is 1. The first kappa shape index (κ1) is 14.5. The van der Waals surface area contributed by atoms with Crippen LogP contribution in [-0.2, 0) is 4.74 Å². The lowest BCUT2D eigenvalue weighted by atomic mass is 9.97. The molecule has 3 atom stereocenters. The van der Waals surface area contributed by atoms with Crippen molar-refractivity contribution in [2.75, 3.05) is 26.2 Å². The Balaban J connectivity index is 1.91. The predicted molar refractivity (Wildman–Crippen MR) is 77.0 cm³/mol. The lowest BCUT2D eigenvalue weighted by Crippen LogP contribution is -2.35. The Hall–Kier alpha value is -0.900. The van der Waals surface area contributed by atoms with Crippen molar-refractivity contribution in [2.45, 2.75) is 32.5 Å². The van der Waals surface area contributed by atoms with Gasteiger partial charge in [0.2, 0.25) is 0 Å². The van der Waals surface area contributed by atoms with E-state index < -0.39 is 0 Å². The molecule has 0 radical (unpaired) electrons. The van der Waals surface area contributed by atoms with Gasteiger partial charge in [-0.1, -0.05) is 37.3 Å². The van der Waals surface area contributed by atoms with Gasteiger partial charge < -0.3 is 14.7 Å². The molecule has 0 bridgehead atoms. The first-order valence-corrected chi connectivity index (χ1v) is 7.24. The summed E-state index contributed by atoms with van der Waals surface area (Å²) < 4.78 is 5.66. The minimum Gasteiger partial charge on any atom is -0.388 e. The standard InChI is InChI=1S/C16H25NO2/c1-13(16(18)15-7-4-3-5-8-15)11-17-9-6-10-19-14(2)12-17/h3-5,7-8,13-14,16,18H,6,9-12H2,1-2H3. The Morgan fingerprint density at radius 3 is 2.84 bits per heavy atom. The summed E-state index contributed by atoms with van der Waals surface area (Å²) in [5, 5.41) is 10.4. The monoisotopic (exact) mass is 263 g/mol. The Morgan fingerprint density at radius 1 is 1.37 bits per heavy atom. The molecule has 19 heavy (non-hydrogen) atoms. The van der Waals surface area contributed by atoms with Gasteiger partial charge in [0.05, 0.1) is 12.2 Å². The van der Waals surface area contributed by atoms with Crippen molar-refractivity contribution in [3.63, 3.8) is 0 Å². The van der Waals surface area contributed by atoms with Crippen LogP contribution in [0.1, 0.15) is 31.9 Å². The highest BCUT2D eigenvalue weighted by atomic mass is 16.5. The zero-order valence-corrected chi connectivity index (χ0v) is 12.0. The summed E-state index contributed by atoms with van der Waals surface area (Å²) in [6.07, 6.45) is 0.989. The van der Waals surface area contributed by atoms with E-state index in [1.807, 2.05) is 30.3 Å². The van der Waals surface area contributed by atoms with Gasteiger partial charge in [-0.3, -0.25) is 0 Å². The summed E-state index contributed by atoms with van der Waals surface area (Å²) >= 11 is 0. The molecule has 1 aliphatic rings. The van der Waals surface area contributed by atoms with E-state index in [9.17, 15) is 5.11 Å². The molecule has 0 amide bonds. The second-order valence-corrected chi connectivity index (χ2v) is 5.63. The maximum atomic E-state index is 10.4. The topological polar surface area (TPSA) is 32.7 Å². The molecule has 1 aromatic rings. The molecule has 1 heterocycles. The fraction of sp³-hybridized carbons (Fsp3) is 0.625. The third kappa shape index (κ3) is 4.30. The van der Waals surface area contributed by atoms with Gasteiger partial charge in [-0.25, -0.2) is 0 Å². The highest BCUT2D eigenvalue weighted by molar-refractivity contribution is 5.17.